The van der Waals surface area contributed by atoms with E-state index in [2.05, 4.69) is 5.32 Å². The van der Waals surface area contributed by atoms with Gasteiger partial charge in [0, 0.05) is 29.7 Å². The van der Waals surface area contributed by atoms with Crippen LogP contribution in [0.15, 0.2) is 24.3 Å². The molecule has 0 spiro atoms. The second-order valence-corrected chi connectivity index (χ2v) is 5.53. The highest BCUT2D eigenvalue weighted by molar-refractivity contribution is 14.1. The van der Waals surface area contributed by atoms with Crippen molar-refractivity contribution in [3.8, 4) is 0 Å². The molecule has 100 valence electrons. The molecule has 1 heterocycles. The van der Waals surface area contributed by atoms with Crippen LogP contribution in [0.2, 0.25) is 0 Å². The van der Waals surface area contributed by atoms with Gasteiger partial charge >= 0.3 is 6.18 Å². The first-order valence-electron chi connectivity index (χ1n) is 5.75. The lowest BCUT2D eigenvalue weighted by Crippen LogP contribution is -2.49. The Kier molecular flexibility index (Phi) is 4.50. The summed E-state index contributed by atoms with van der Waals surface area (Å²) in [7, 11) is 0. The van der Waals surface area contributed by atoms with E-state index in [1.54, 1.807) is 24.3 Å². The number of hydrogen-bond donors (Lipinski definition) is 1. The normalized spacial score (nSPS) is 19.8. The zero-order chi connectivity index (χ0) is 13.2. The van der Waals surface area contributed by atoms with E-state index in [4.69, 9.17) is 0 Å². The van der Waals surface area contributed by atoms with Crippen molar-refractivity contribution < 1.29 is 13.2 Å². The van der Waals surface area contributed by atoms with Gasteiger partial charge < -0.3 is 5.32 Å². The maximum Gasteiger partial charge on any atom is 0.408 e. The van der Waals surface area contributed by atoms with Crippen LogP contribution >= 0.6 is 22.6 Å². The molecule has 1 saturated heterocycles. The first kappa shape index (κ1) is 14.1. The number of piperazine rings is 1. The minimum atomic E-state index is -4.23. The summed E-state index contributed by atoms with van der Waals surface area (Å²) in [5.41, 5.74) is 0.330. The van der Waals surface area contributed by atoms with Crippen LogP contribution in [-0.2, 0) is 0 Å². The standard InChI is InChI=1S/C12H14F3IN2/c13-12(14,15)11(18-6-4-17-5-7-18)9-2-1-3-10(16)8-9/h1-3,8,11,17H,4-7H2/t11-/m0/s1. The molecule has 6 heteroatoms. The van der Waals surface area contributed by atoms with Crippen molar-refractivity contribution in [3.05, 3.63) is 33.4 Å². The van der Waals surface area contributed by atoms with Crippen LogP contribution in [-0.4, -0.2) is 37.3 Å². The van der Waals surface area contributed by atoms with Gasteiger partial charge in [-0.3, -0.25) is 4.90 Å². The van der Waals surface area contributed by atoms with Crippen molar-refractivity contribution in [2.75, 3.05) is 26.2 Å². The van der Waals surface area contributed by atoms with Crippen molar-refractivity contribution in [3.63, 3.8) is 0 Å². The number of benzene rings is 1. The Hall–Kier alpha value is -0.340. The number of hydrogen-bond acceptors (Lipinski definition) is 2. The average Bonchev–Trinajstić information content (AvgIpc) is 2.28. The van der Waals surface area contributed by atoms with Crippen LogP contribution in [0, 0.1) is 3.57 Å². The molecule has 0 aliphatic carbocycles. The second kappa shape index (κ2) is 5.75. The fourth-order valence-electron chi connectivity index (χ4n) is 2.22. The van der Waals surface area contributed by atoms with E-state index < -0.39 is 12.2 Å². The van der Waals surface area contributed by atoms with Gasteiger partial charge in [0.15, 0.2) is 0 Å². The van der Waals surface area contributed by atoms with Gasteiger partial charge in [0.1, 0.15) is 6.04 Å². The predicted molar refractivity (Wildman–Crippen MR) is 72.4 cm³/mol. The van der Waals surface area contributed by atoms with Gasteiger partial charge in [-0.25, -0.2) is 0 Å². The number of nitrogens with zero attached hydrogens (tertiary/aromatic N) is 1. The van der Waals surface area contributed by atoms with E-state index in [0.29, 0.717) is 31.7 Å². The molecule has 1 aliphatic rings. The lowest BCUT2D eigenvalue weighted by molar-refractivity contribution is -0.187. The topological polar surface area (TPSA) is 15.3 Å². The molecule has 0 aromatic heterocycles. The third-order valence-electron chi connectivity index (χ3n) is 2.99. The third kappa shape index (κ3) is 3.36. The van der Waals surface area contributed by atoms with Crippen molar-refractivity contribution in [2.45, 2.75) is 12.2 Å². The number of nitrogens with one attached hydrogen (secondary N) is 1. The van der Waals surface area contributed by atoms with Crippen LogP contribution < -0.4 is 5.32 Å². The SMILES string of the molecule is FC(F)(F)[C@H](c1cccc(I)c1)N1CCNCC1. The summed E-state index contributed by atoms with van der Waals surface area (Å²) in [5, 5.41) is 3.07. The van der Waals surface area contributed by atoms with Crippen LogP contribution in [0.5, 0.6) is 0 Å². The summed E-state index contributed by atoms with van der Waals surface area (Å²) >= 11 is 2.04. The summed E-state index contributed by atoms with van der Waals surface area (Å²) < 4.78 is 40.6. The fourth-order valence-corrected chi connectivity index (χ4v) is 2.79. The molecule has 1 atom stereocenters. The molecule has 0 amide bonds. The molecule has 0 bridgehead atoms. The van der Waals surface area contributed by atoms with Gasteiger partial charge in [0.25, 0.3) is 0 Å². The highest BCUT2D eigenvalue weighted by atomic mass is 127. The van der Waals surface area contributed by atoms with Gasteiger partial charge in [-0.1, -0.05) is 12.1 Å². The second-order valence-electron chi connectivity index (χ2n) is 4.29. The molecule has 1 aromatic rings. The molecule has 2 rings (SSSR count). The zero-order valence-electron chi connectivity index (χ0n) is 9.67. The van der Waals surface area contributed by atoms with Gasteiger partial charge in [-0.05, 0) is 40.3 Å². The fraction of sp³-hybridized carbons (Fsp3) is 0.500. The van der Waals surface area contributed by atoms with E-state index >= 15 is 0 Å². The minimum Gasteiger partial charge on any atom is -0.314 e. The summed E-state index contributed by atoms with van der Waals surface area (Å²) in [4.78, 5) is 1.50. The predicted octanol–water partition coefficient (Wildman–Crippen LogP) is 2.80. The Bertz CT molecular complexity index is 403. The maximum atomic E-state index is 13.3. The first-order chi connectivity index (χ1) is 8.48. The lowest BCUT2D eigenvalue weighted by atomic mass is 10.0. The van der Waals surface area contributed by atoms with Crippen LogP contribution in [0.4, 0.5) is 13.2 Å². The largest absolute Gasteiger partial charge is 0.408 e. The minimum absolute atomic E-state index is 0.330. The van der Waals surface area contributed by atoms with E-state index in [9.17, 15) is 13.2 Å². The summed E-state index contributed by atoms with van der Waals surface area (Å²) in [6, 6.07) is 5.16. The molecular formula is C12H14F3IN2. The molecular weight excluding hydrogens is 356 g/mol. The lowest BCUT2D eigenvalue weighted by Gasteiger charge is -2.36. The smallest absolute Gasteiger partial charge is 0.314 e. The van der Waals surface area contributed by atoms with Crippen molar-refractivity contribution in [1.82, 2.24) is 10.2 Å². The van der Waals surface area contributed by atoms with Gasteiger partial charge in [0.05, 0.1) is 0 Å². The van der Waals surface area contributed by atoms with E-state index in [1.165, 1.54) is 4.90 Å². The summed E-state index contributed by atoms with van der Waals surface area (Å²) in [6.45, 7) is 2.07. The van der Waals surface area contributed by atoms with Crippen molar-refractivity contribution in [2.24, 2.45) is 0 Å². The Labute approximate surface area is 118 Å². The molecule has 1 aromatic carbocycles. The van der Waals surface area contributed by atoms with E-state index in [-0.39, 0.29) is 0 Å². The van der Waals surface area contributed by atoms with Crippen LogP contribution in [0.3, 0.4) is 0 Å². The van der Waals surface area contributed by atoms with Gasteiger partial charge in [-0.2, -0.15) is 13.2 Å². The Morgan fingerprint density at radius 1 is 1.22 bits per heavy atom. The molecule has 0 unspecified atom stereocenters. The quantitative estimate of drug-likeness (QED) is 0.806. The van der Waals surface area contributed by atoms with E-state index in [1.807, 2.05) is 22.6 Å². The monoisotopic (exact) mass is 370 g/mol. The van der Waals surface area contributed by atoms with Crippen LogP contribution in [0.25, 0.3) is 0 Å². The Morgan fingerprint density at radius 2 is 1.89 bits per heavy atom. The van der Waals surface area contributed by atoms with Crippen molar-refractivity contribution >= 4 is 22.6 Å². The summed E-state index contributed by atoms with van der Waals surface area (Å²) in [6.07, 6.45) is -4.23. The van der Waals surface area contributed by atoms with E-state index in [0.717, 1.165) is 3.57 Å². The third-order valence-corrected chi connectivity index (χ3v) is 3.66. The number of halogens is 4. The van der Waals surface area contributed by atoms with Gasteiger partial charge in [-0.15, -0.1) is 0 Å². The zero-order valence-corrected chi connectivity index (χ0v) is 11.8. The Morgan fingerprint density at radius 3 is 2.44 bits per heavy atom. The molecule has 1 fully saturated rings. The van der Waals surface area contributed by atoms with Crippen molar-refractivity contribution in [1.29, 1.82) is 0 Å². The van der Waals surface area contributed by atoms with Crippen LogP contribution in [0.1, 0.15) is 11.6 Å². The van der Waals surface area contributed by atoms with Gasteiger partial charge in [0.2, 0.25) is 0 Å². The first-order valence-corrected chi connectivity index (χ1v) is 6.83. The molecule has 2 nitrogen and oxygen atoms in total. The summed E-state index contributed by atoms with van der Waals surface area (Å²) in [5.74, 6) is 0. The highest BCUT2D eigenvalue weighted by Gasteiger charge is 2.44. The highest BCUT2D eigenvalue weighted by Crippen LogP contribution is 2.38. The Balaban J connectivity index is 2.30. The molecule has 18 heavy (non-hydrogen) atoms. The molecule has 0 radical (unpaired) electrons. The number of rotatable bonds is 2. The molecule has 1 aliphatic heterocycles. The number of alkyl halides is 3. The molecule has 1 N–H and O–H groups in total. The maximum absolute atomic E-state index is 13.3. The molecule has 0 saturated carbocycles. The average molecular weight is 370 g/mol.